The number of likely N-dealkylation sites (tertiary alicyclic amines) is 1. The fraction of sp³-hybridized carbons (Fsp3) is 0.433. The molecule has 2 saturated carbocycles. The average Bonchev–Trinajstić information content (AvgIpc) is 3.59. The molecular weight excluding hydrogens is 502 g/mol. The van der Waals surface area contributed by atoms with Crippen molar-refractivity contribution in [3.63, 3.8) is 0 Å². The standard InChI is InChI=1S/C30H32F2N4O3/c31-21-9-10-22(24(32)15-21)27-16-26(35-39-27)29(38)33-25-11-14-36(17-19-7-8-19)18-23(25)28(37)34-30(12-4-13-30)20-5-2-1-3-6-20/h1-3,5-6,9-10,15-16,19,23,25H,4,7-8,11-14,17-18H2,(H,33,38)(H,34,37)/t23-,25-/m0/s1. The van der Waals surface area contributed by atoms with Crippen molar-refractivity contribution in [2.24, 2.45) is 11.8 Å². The highest BCUT2D eigenvalue weighted by Crippen LogP contribution is 2.41. The SMILES string of the molecule is O=C(N[C@H]1CCN(CC2CC2)C[C@@H]1C(=O)NC1(c2ccccc2)CCC1)c1cc(-c2ccc(F)cc2F)on1. The van der Waals surface area contributed by atoms with E-state index in [1.165, 1.54) is 25.0 Å². The molecule has 0 unspecified atom stereocenters. The molecule has 2 N–H and O–H groups in total. The summed E-state index contributed by atoms with van der Waals surface area (Å²) in [5.74, 6) is -1.76. The van der Waals surface area contributed by atoms with Crippen molar-refractivity contribution < 1.29 is 22.9 Å². The molecule has 0 spiro atoms. The molecule has 6 rings (SSSR count). The molecule has 3 aromatic rings. The summed E-state index contributed by atoms with van der Waals surface area (Å²) in [5.41, 5.74) is 0.735. The zero-order valence-electron chi connectivity index (χ0n) is 21.7. The lowest BCUT2D eigenvalue weighted by atomic mass is 9.71. The maximum Gasteiger partial charge on any atom is 0.273 e. The molecular formula is C30H32F2N4O3. The third-order valence-corrected chi connectivity index (χ3v) is 8.40. The van der Waals surface area contributed by atoms with Gasteiger partial charge in [-0.3, -0.25) is 9.59 Å². The molecule has 2 amide bonds. The summed E-state index contributed by atoms with van der Waals surface area (Å²) in [6.45, 7) is 2.34. The second-order valence-corrected chi connectivity index (χ2v) is 11.2. The molecule has 39 heavy (non-hydrogen) atoms. The normalized spacial score (nSPS) is 22.6. The molecule has 3 fully saturated rings. The molecule has 2 heterocycles. The maximum absolute atomic E-state index is 14.2. The predicted molar refractivity (Wildman–Crippen MR) is 140 cm³/mol. The van der Waals surface area contributed by atoms with Gasteiger partial charge in [0.05, 0.1) is 17.0 Å². The Morgan fingerprint density at radius 1 is 1.05 bits per heavy atom. The van der Waals surface area contributed by atoms with Gasteiger partial charge < -0.3 is 20.1 Å². The highest BCUT2D eigenvalue weighted by molar-refractivity contribution is 5.94. The third-order valence-electron chi connectivity index (χ3n) is 8.40. The lowest BCUT2D eigenvalue weighted by Gasteiger charge is -2.45. The van der Waals surface area contributed by atoms with Crippen molar-refractivity contribution in [1.82, 2.24) is 20.7 Å². The summed E-state index contributed by atoms with van der Waals surface area (Å²) >= 11 is 0. The van der Waals surface area contributed by atoms with Gasteiger partial charge in [0, 0.05) is 37.8 Å². The van der Waals surface area contributed by atoms with Crippen LogP contribution in [0, 0.1) is 23.5 Å². The van der Waals surface area contributed by atoms with Gasteiger partial charge in [0.25, 0.3) is 5.91 Å². The van der Waals surface area contributed by atoms with Gasteiger partial charge in [0.1, 0.15) is 11.6 Å². The molecule has 3 aliphatic rings. The Bertz CT molecular complexity index is 1350. The number of piperidine rings is 1. The second kappa shape index (κ2) is 10.5. The van der Waals surface area contributed by atoms with E-state index >= 15 is 0 Å². The Morgan fingerprint density at radius 2 is 1.85 bits per heavy atom. The largest absolute Gasteiger partial charge is 0.355 e. The van der Waals surface area contributed by atoms with E-state index in [0.29, 0.717) is 18.9 Å². The lowest BCUT2D eigenvalue weighted by Crippen LogP contribution is -2.60. The van der Waals surface area contributed by atoms with Gasteiger partial charge in [0.15, 0.2) is 11.5 Å². The first-order valence-corrected chi connectivity index (χ1v) is 13.7. The Hall–Kier alpha value is -3.59. The molecule has 9 heteroatoms. The van der Waals surface area contributed by atoms with Crippen molar-refractivity contribution in [2.45, 2.75) is 50.1 Å². The number of halogens is 2. The minimum atomic E-state index is -0.804. The number of aromatic nitrogens is 1. The van der Waals surface area contributed by atoms with Crippen LogP contribution in [-0.2, 0) is 10.3 Å². The van der Waals surface area contributed by atoms with Crippen molar-refractivity contribution in [3.05, 3.63) is 77.5 Å². The van der Waals surface area contributed by atoms with Crippen LogP contribution in [0.25, 0.3) is 11.3 Å². The Labute approximate surface area is 225 Å². The van der Waals surface area contributed by atoms with Crippen LogP contribution >= 0.6 is 0 Å². The van der Waals surface area contributed by atoms with Crippen molar-refractivity contribution in [2.75, 3.05) is 19.6 Å². The fourth-order valence-electron chi connectivity index (χ4n) is 5.83. The minimum absolute atomic E-state index is 0.0142. The van der Waals surface area contributed by atoms with Gasteiger partial charge in [0.2, 0.25) is 5.91 Å². The van der Waals surface area contributed by atoms with Crippen LogP contribution in [-0.4, -0.2) is 47.5 Å². The Morgan fingerprint density at radius 3 is 2.54 bits per heavy atom. The Kier molecular flexibility index (Phi) is 6.93. The number of benzene rings is 2. The first-order chi connectivity index (χ1) is 18.9. The minimum Gasteiger partial charge on any atom is -0.355 e. The number of carbonyl (C=O) groups is 2. The molecule has 7 nitrogen and oxygen atoms in total. The van der Waals surface area contributed by atoms with E-state index in [1.807, 2.05) is 18.2 Å². The molecule has 0 radical (unpaired) electrons. The molecule has 2 aliphatic carbocycles. The molecule has 2 atom stereocenters. The fourth-order valence-corrected chi connectivity index (χ4v) is 5.83. The molecule has 1 saturated heterocycles. The zero-order chi connectivity index (χ0) is 27.0. The lowest BCUT2D eigenvalue weighted by molar-refractivity contribution is -0.131. The van der Waals surface area contributed by atoms with Gasteiger partial charge in [-0.25, -0.2) is 8.78 Å². The number of carbonyl (C=O) groups excluding carboxylic acids is 2. The highest BCUT2D eigenvalue weighted by atomic mass is 19.1. The predicted octanol–water partition coefficient (Wildman–Crippen LogP) is 4.65. The summed E-state index contributed by atoms with van der Waals surface area (Å²) in [6, 6.07) is 14.1. The molecule has 0 bridgehead atoms. The van der Waals surface area contributed by atoms with E-state index in [1.54, 1.807) is 0 Å². The number of rotatable bonds is 8. The average molecular weight is 535 g/mol. The number of hydrogen-bond acceptors (Lipinski definition) is 5. The molecule has 204 valence electrons. The summed E-state index contributed by atoms with van der Waals surface area (Å²) in [7, 11) is 0. The van der Waals surface area contributed by atoms with Crippen LogP contribution in [0.1, 0.15) is 54.6 Å². The second-order valence-electron chi connectivity index (χ2n) is 11.2. The van der Waals surface area contributed by atoms with Crippen molar-refractivity contribution in [3.8, 4) is 11.3 Å². The van der Waals surface area contributed by atoms with Crippen LogP contribution in [0.3, 0.4) is 0 Å². The smallest absolute Gasteiger partial charge is 0.273 e. The maximum atomic E-state index is 14.2. The van der Waals surface area contributed by atoms with Crippen LogP contribution in [0.2, 0.25) is 0 Å². The monoisotopic (exact) mass is 534 g/mol. The highest BCUT2D eigenvalue weighted by Gasteiger charge is 2.44. The van der Waals surface area contributed by atoms with E-state index in [9.17, 15) is 18.4 Å². The van der Waals surface area contributed by atoms with Crippen LogP contribution < -0.4 is 10.6 Å². The van der Waals surface area contributed by atoms with Crippen molar-refractivity contribution in [1.29, 1.82) is 0 Å². The zero-order valence-corrected chi connectivity index (χ0v) is 21.7. The Balaban J connectivity index is 1.18. The van der Waals surface area contributed by atoms with Gasteiger partial charge >= 0.3 is 0 Å². The van der Waals surface area contributed by atoms with E-state index in [-0.39, 0.29) is 34.5 Å². The van der Waals surface area contributed by atoms with Crippen LogP contribution in [0.5, 0.6) is 0 Å². The number of nitrogens with zero attached hydrogens (tertiary/aromatic N) is 2. The molecule has 2 aromatic carbocycles. The summed E-state index contributed by atoms with van der Waals surface area (Å²) < 4.78 is 32.7. The van der Waals surface area contributed by atoms with Gasteiger partial charge in [-0.05, 0) is 62.1 Å². The van der Waals surface area contributed by atoms with E-state index in [0.717, 1.165) is 50.0 Å². The van der Waals surface area contributed by atoms with Crippen LogP contribution in [0.4, 0.5) is 8.78 Å². The summed E-state index contributed by atoms with van der Waals surface area (Å²) in [5, 5.41) is 10.2. The van der Waals surface area contributed by atoms with Gasteiger partial charge in [-0.15, -0.1) is 0 Å². The van der Waals surface area contributed by atoms with Gasteiger partial charge in [-0.1, -0.05) is 35.5 Å². The first kappa shape index (κ1) is 25.7. The van der Waals surface area contributed by atoms with Gasteiger partial charge in [-0.2, -0.15) is 0 Å². The number of amides is 2. The molecule has 1 aliphatic heterocycles. The van der Waals surface area contributed by atoms with E-state index < -0.39 is 23.5 Å². The summed E-state index contributed by atoms with van der Waals surface area (Å²) in [4.78, 5) is 29.3. The number of nitrogens with one attached hydrogen (secondary N) is 2. The summed E-state index contributed by atoms with van der Waals surface area (Å²) in [6.07, 6.45) is 5.92. The topological polar surface area (TPSA) is 87.5 Å². The van der Waals surface area contributed by atoms with E-state index in [2.05, 4.69) is 32.8 Å². The number of hydrogen-bond donors (Lipinski definition) is 2. The third kappa shape index (κ3) is 5.45. The molecule has 1 aromatic heterocycles. The van der Waals surface area contributed by atoms with Crippen molar-refractivity contribution >= 4 is 11.8 Å². The quantitative estimate of drug-likeness (QED) is 0.440. The first-order valence-electron chi connectivity index (χ1n) is 13.7. The van der Waals surface area contributed by atoms with Crippen LogP contribution in [0.15, 0.2) is 59.1 Å². The van der Waals surface area contributed by atoms with E-state index in [4.69, 9.17) is 4.52 Å².